The molecule has 0 unspecified atom stereocenters. The summed E-state index contributed by atoms with van der Waals surface area (Å²) in [6, 6.07) is 0. The van der Waals surface area contributed by atoms with Crippen molar-refractivity contribution < 1.29 is 14.2 Å². The Kier molecular flexibility index (Phi) is 7.94. The number of morpholine rings is 1. The summed E-state index contributed by atoms with van der Waals surface area (Å²) >= 11 is 0. The molecule has 3 rings (SSSR count). The summed E-state index contributed by atoms with van der Waals surface area (Å²) in [6.45, 7) is 5.73. The van der Waals surface area contributed by atoms with Crippen LogP contribution in [-0.2, 0) is 14.2 Å². The first-order valence-corrected chi connectivity index (χ1v) is 9.64. The van der Waals surface area contributed by atoms with Crippen molar-refractivity contribution in [1.29, 1.82) is 0 Å². The maximum Gasteiger partial charge on any atom is 0.228 e. The van der Waals surface area contributed by atoms with Gasteiger partial charge in [0.1, 0.15) is 17.4 Å². The van der Waals surface area contributed by atoms with E-state index in [4.69, 9.17) is 24.2 Å². The van der Waals surface area contributed by atoms with Gasteiger partial charge in [-0.1, -0.05) is 0 Å². The van der Waals surface area contributed by atoms with Gasteiger partial charge in [0.05, 0.1) is 13.2 Å². The fraction of sp³-hybridized carbons (Fsp3) is 0.667. The van der Waals surface area contributed by atoms with E-state index in [0.29, 0.717) is 55.0 Å². The Bertz CT molecular complexity index is 740. The van der Waals surface area contributed by atoms with Crippen LogP contribution in [-0.4, -0.2) is 86.8 Å². The summed E-state index contributed by atoms with van der Waals surface area (Å²) in [7, 11) is 3.40. The van der Waals surface area contributed by atoms with E-state index in [-0.39, 0.29) is 0 Å². The van der Waals surface area contributed by atoms with Gasteiger partial charge in [-0.05, 0) is 12.8 Å². The Balaban J connectivity index is 1.88. The Labute approximate surface area is 165 Å². The SMILES string of the molecule is COCCCNc1nc(N2CCOCC2)nc2c(NCCCOC)ncnc12. The number of rotatable bonds is 11. The van der Waals surface area contributed by atoms with Crippen LogP contribution in [0.5, 0.6) is 0 Å². The molecule has 1 aliphatic rings. The summed E-state index contributed by atoms with van der Waals surface area (Å²) in [5.74, 6) is 2.09. The first-order valence-electron chi connectivity index (χ1n) is 9.64. The quantitative estimate of drug-likeness (QED) is 0.542. The topological polar surface area (TPSA) is 107 Å². The Morgan fingerprint density at radius 2 is 1.61 bits per heavy atom. The maximum atomic E-state index is 5.45. The van der Waals surface area contributed by atoms with Crippen molar-refractivity contribution in [3.63, 3.8) is 0 Å². The lowest BCUT2D eigenvalue weighted by molar-refractivity contribution is 0.122. The van der Waals surface area contributed by atoms with Crippen molar-refractivity contribution in [2.24, 2.45) is 0 Å². The fourth-order valence-corrected chi connectivity index (χ4v) is 2.94. The molecule has 2 N–H and O–H groups in total. The first-order chi connectivity index (χ1) is 13.8. The summed E-state index contributed by atoms with van der Waals surface area (Å²) < 4.78 is 15.7. The minimum Gasteiger partial charge on any atom is -0.385 e. The third-order valence-electron chi connectivity index (χ3n) is 4.40. The zero-order chi connectivity index (χ0) is 19.6. The van der Waals surface area contributed by atoms with E-state index >= 15 is 0 Å². The van der Waals surface area contributed by atoms with Gasteiger partial charge in [-0.25, -0.2) is 15.0 Å². The standard InChI is InChI=1S/C18H29N7O3/c1-26-9-3-5-19-16-15-14(21-13-22-16)17(20-6-4-10-27-2)24-18(23-15)25-7-11-28-12-8-25/h13H,3-12H2,1-2H3,(H,19,21,22)(H,20,23,24). The third-order valence-corrected chi connectivity index (χ3v) is 4.40. The number of anilines is 3. The van der Waals surface area contributed by atoms with Crippen LogP contribution >= 0.6 is 0 Å². The average Bonchev–Trinajstić information content (AvgIpc) is 2.75. The van der Waals surface area contributed by atoms with Gasteiger partial charge in [0, 0.05) is 53.6 Å². The molecule has 2 aromatic rings. The highest BCUT2D eigenvalue weighted by atomic mass is 16.5. The van der Waals surface area contributed by atoms with Gasteiger partial charge in [0.2, 0.25) is 5.95 Å². The lowest BCUT2D eigenvalue weighted by Gasteiger charge is -2.27. The van der Waals surface area contributed by atoms with Gasteiger partial charge >= 0.3 is 0 Å². The van der Waals surface area contributed by atoms with Crippen LogP contribution in [0.4, 0.5) is 17.6 Å². The minimum atomic E-state index is 0.666. The van der Waals surface area contributed by atoms with E-state index in [9.17, 15) is 0 Å². The van der Waals surface area contributed by atoms with Crippen LogP contribution in [0.25, 0.3) is 11.0 Å². The zero-order valence-electron chi connectivity index (χ0n) is 16.6. The Morgan fingerprint density at radius 3 is 2.29 bits per heavy atom. The fourth-order valence-electron chi connectivity index (χ4n) is 2.94. The molecule has 0 saturated carbocycles. The lowest BCUT2D eigenvalue weighted by Crippen LogP contribution is -2.37. The number of methoxy groups -OCH3 is 2. The number of nitrogens with zero attached hydrogens (tertiary/aromatic N) is 5. The monoisotopic (exact) mass is 391 g/mol. The van der Waals surface area contributed by atoms with E-state index in [1.807, 2.05) is 0 Å². The van der Waals surface area contributed by atoms with Crippen LogP contribution in [0, 0.1) is 0 Å². The number of ether oxygens (including phenoxy) is 3. The van der Waals surface area contributed by atoms with Crippen LogP contribution < -0.4 is 15.5 Å². The molecule has 0 atom stereocenters. The van der Waals surface area contributed by atoms with Crippen LogP contribution in [0.3, 0.4) is 0 Å². The number of hydrogen-bond donors (Lipinski definition) is 2. The highest BCUT2D eigenvalue weighted by Gasteiger charge is 2.19. The van der Waals surface area contributed by atoms with Crippen LogP contribution in [0.2, 0.25) is 0 Å². The molecule has 0 aliphatic carbocycles. The third kappa shape index (κ3) is 5.37. The second kappa shape index (κ2) is 10.9. The van der Waals surface area contributed by atoms with Crippen molar-refractivity contribution >= 4 is 28.6 Å². The molecular formula is C18H29N7O3. The molecule has 1 aliphatic heterocycles. The van der Waals surface area contributed by atoms with E-state index in [2.05, 4.69) is 25.5 Å². The molecule has 0 radical (unpaired) electrons. The number of nitrogens with one attached hydrogen (secondary N) is 2. The van der Waals surface area contributed by atoms with E-state index in [0.717, 1.165) is 39.0 Å². The predicted octanol–water partition coefficient (Wildman–Crippen LogP) is 1.15. The molecule has 28 heavy (non-hydrogen) atoms. The molecular weight excluding hydrogens is 362 g/mol. The molecule has 0 aromatic carbocycles. The summed E-state index contributed by atoms with van der Waals surface area (Å²) in [5, 5.41) is 6.72. The Morgan fingerprint density at radius 1 is 0.929 bits per heavy atom. The molecule has 1 saturated heterocycles. The van der Waals surface area contributed by atoms with E-state index in [1.54, 1.807) is 20.5 Å². The molecule has 0 bridgehead atoms. The summed E-state index contributed by atoms with van der Waals surface area (Å²) in [6.07, 6.45) is 3.30. The zero-order valence-corrected chi connectivity index (χ0v) is 16.6. The second-order valence-corrected chi connectivity index (χ2v) is 6.44. The first kappa shape index (κ1) is 20.4. The molecule has 10 nitrogen and oxygen atoms in total. The van der Waals surface area contributed by atoms with Crippen molar-refractivity contribution in [2.45, 2.75) is 12.8 Å². The predicted molar refractivity (Wildman–Crippen MR) is 108 cm³/mol. The van der Waals surface area contributed by atoms with Gasteiger partial charge in [-0.15, -0.1) is 0 Å². The number of aromatic nitrogens is 4. The highest BCUT2D eigenvalue weighted by molar-refractivity contribution is 5.93. The minimum absolute atomic E-state index is 0.666. The van der Waals surface area contributed by atoms with Crippen molar-refractivity contribution in [3.8, 4) is 0 Å². The van der Waals surface area contributed by atoms with Gasteiger partial charge in [0.15, 0.2) is 11.6 Å². The molecule has 0 spiro atoms. The van der Waals surface area contributed by atoms with E-state index < -0.39 is 0 Å². The normalized spacial score (nSPS) is 14.4. The molecule has 1 fully saturated rings. The van der Waals surface area contributed by atoms with Gasteiger partial charge in [0.25, 0.3) is 0 Å². The van der Waals surface area contributed by atoms with Crippen molar-refractivity contribution in [3.05, 3.63) is 6.33 Å². The Hall–Kier alpha value is -2.30. The highest BCUT2D eigenvalue weighted by Crippen LogP contribution is 2.26. The lowest BCUT2D eigenvalue weighted by atomic mass is 10.3. The van der Waals surface area contributed by atoms with E-state index in [1.165, 1.54) is 0 Å². The van der Waals surface area contributed by atoms with Crippen LogP contribution in [0.15, 0.2) is 6.33 Å². The smallest absolute Gasteiger partial charge is 0.228 e. The van der Waals surface area contributed by atoms with Crippen LogP contribution in [0.1, 0.15) is 12.8 Å². The number of fused-ring (bicyclic) bond motifs is 1. The second-order valence-electron chi connectivity index (χ2n) is 6.44. The molecule has 2 aromatic heterocycles. The molecule has 3 heterocycles. The number of hydrogen-bond acceptors (Lipinski definition) is 10. The summed E-state index contributed by atoms with van der Waals surface area (Å²) in [4.78, 5) is 20.5. The largest absolute Gasteiger partial charge is 0.385 e. The average molecular weight is 391 g/mol. The maximum absolute atomic E-state index is 5.45. The van der Waals surface area contributed by atoms with Crippen molar-refractivity contribution in [1.82, 2.24) is 19.9 Å². The van der Waals surface area contributed by atoms with Gasteiger partial charge in [-0.2, -0.15) is 4.98 Å². The molecule has 0 amide bonds. The molecule has 154 valence electrons. The van der Waals surface area contributed by atoms with Gasteiger partial charge in [-0.3, -0.25) is 0 Å². The van der Waals surface area contributed by atoms with Crippen molar-refractivity contribution in [2.75, 3.05) is 82.4 Å². The molecule has 10 heteroatoms. The summed E-state index contributed by atoms with van der Waals surface area (Å²) in [5.41, 5.74) is 1.42. The van der Waals surface area contributed by atoms with Gasteiger partial charge < -0.3 is 29.7 Å².